The number of nitrogens with zero attached hydrogens (tertiary/aromatic N) is 3. The number of pyridine rings is 1. The maximum absolute atomic E-state index is 12.7. The van der Waals surface area contributed by atoms with Crippen molar-refractivity contribution in [1.82, 2.24) is 14.6 Å². The number of ether oxygens (including phenoxy) is 1. The van der Waals surface area contributed by atoms with E-state index in [1.165, 1.54) is 28.6 Å². The standard InChI is InChI=1S/C19H24N4O6S2/c1-30(25,26)23(15-19(24)21-14-16-4-2-3-9-20-16)17-5-7-18(8-6-17)31(27,28)22-10-12-29-13-11-22/h2-9H,10-15H2,1H3,(H,21,24). The molecule has 1 aromatic carbocycles. The van der Waals surface area contributed by atoms with Gasteiger partial charge in [0.05, 0.1) is 42.3 Å². The molecule has 1 N–H and O–H groups in total. The van der Waals surface area contributed by atoms with Crippen LogP contribution < -0.4 is 9.62 Å². The number of hydrogen-bond donors (Lipinski definition) is 1. The number of aromatic nitrogens is 1. The fraction of sp³-hybridized carbons (Fsp3) is 0.368. The van der Waals surface area contributed by atoms with Crippen molar-refractivity contribution in [2.45, 2.75) is 11.4 Å². The first-order valence-electron chi connectivity index (χ1n) is 9.50. The van der Waals surface area contributed by atoms with Gasteiger partial charge in [0.1, 0.15) is 6.54 Å². The van der Waals surface area contributed by atoms with Crippen molar-refractivity contribution in [3.8, 4) is 0 Å². The lowest BCUT2D eigenvalue weighted by molar-refractivity contribution is -0.119. The maximum atomic E-state index is 12.7. The number of anilines is 1. The highest BCUT2D eigenvalue weighted by atomic mass is 32.2. The van der Waals surface area contributed by atoms with E-state index in [0.717, 1.165) is 10.6 Å². The highest BCUT2D eigenvalue weighted by Gasteiger charge is 2.27. The average molecular weight is 469 g/mol. The number of carbonyl (C=O) groups is 1. The van der Waals surface area contributed by atoms with Crippen LogP contribution in [-0.4, -0.2) is 71.1 Å². The lowest BCUT2D eigenvalue weighted by atomic mass is 10.3. The second-order valence-electron chi connectivity index (χ2n) is 6.88. The summed E-state index contributed by atoms with van der Waals surface area (Å²) in [5.74, 6) is -0.513. The third-order valence-electron chi connectivity index (χ3n) is 4.61. The van der Waals surface area contributed by atoms with Gasteiger partial charge in [0.2, 0.25) is 26.0 Å². The second-order valence-corrected chi connectivity index (χ2v) is 10.7. The number of amides is 1. The fourth-order valence-electron chi connectivity index (χ4n) is 3.00. The Hall–Kier alpha value is -2.54. The summed E-state index contributed by atoms with van der Waals surface area (Å²) < 4.78 is 57.4. The molecule has 0 unspecified atom stereocenters. The van der Waals surface area contributed by atoms with E-state index in [2.05, 4.69) is 10.3 Å². The molecule has 12 heteroatoms. The van der Waals surface area contributed by atoms with Crippen LogP contribution in [-0.2, 0) is 36.1 Å². The smallest absolute Gasteiger partial charge is 0.243 e. The molecule has 1 fully saturated rings. The van der Waals surface area contributed by atoms with Crippen LogP contribution >= 0.6 is 0 Å². The van der Waals surface area contributed by atoms with Crippen molar-refractivity contribution < 1.29 is 26.4 Å². The SMILES string of the molecule is CS(=O)(=O)N(CC(=O)NCc1ccccn1)c1ccc(S(=O)(=O)N2CCOCC2)cc1. The van der Waals surface area contributed by atoms with Crippen LogP contribution in [0.3, 0.4) is 0 Å². The molecule has 10 nitrogen and oxygen atoms in total. The van der Waals surface area contributed by atoms with Crippen LogP contribution in [0.1, 0.15) is 5.69 Å². The Morgan fingerprint density at radius 1 is 1.10 bits per heavy atom. The molecule has 1 saturated heterocycles. The molecule has 1 amide bonds. The first kappa shape index (κ1) is 23.1. The highest BCUT2D eigenvalue weighted by Crippen LogP contribution is 2.23. The number of morpholine rings is 1. The Kier molecular flexibility index (Phi) is 7.26. The number of hydrogen-bond acceptors (Lipinski definition) is 7. The molecule has 0 saturated carbocycles. The first-order valence-corrected chi connectivity index (χ1v) is 12.8. The Morgan fingerprint density at radius 3 is 2.35 bits per heavy atom. The normalized spacial score (nSPS) is 15.4. The summed E-state index contributed by atoms with van der Waals surface area (Å²) in [5.41, 5.74) is 0.829. The molecular weight excluding hydrogens is 444 g/mol. The van der Waals surface area contributed by atoms with Gasteiger partial charge in [0.25, 0.3) is 0 Å². The number of benzene rings is 1. The van der Waals surface area contributed by atoms with Gasteiger partial charge in [-0.25, -0.2) is 16.8 Å². The third kappa shape index (κ3) is 6.00. The second kappa shape index (κ2) is 9.73. The van der Waals surface area contributed by atoms with Gasteiger partial charge >= 0.3 is 0 Å². The van der Waals surface area contributed by atoms with Crippen molar-refractivity contribution in [1.29, 1.82) is 0 Å². The number of rotatable bonds is 8. The predicted molar refractivity (Wildman–Crippen MR) is 114 cm³/mol. The van der Waals surface area contributed by atoms with Crippen LogP contribution in [0.4, 0.5) is 5.69 Å². The molecule has 2 heterocycles. The van der Waals surface area contributed by atoms with Crippen LogP contribution in [0, 0.1) is 0 Å². The fourth-order valence-corrected chi connectivity index (χ4v) is 5.26. The number of carbonyl (C=O) groups excluding carboxylic acids is 1. The zero-order valence-corrected chi connectivity index (χ0v) is 18.6. The van der Waals surface area contributed by atoms with E-state index in [9.17, 15) is 21.6 Å². The van der Waals surface area contributed by atoms with E-state index in [1.54, 1.807) is 24.4 Å². The Morgan fingerprint density at radius 2 is 1.77 bits per heavy atom. The lowest BCUT2D eigenvalue weighted by Gasteiger charge is -2.26. The molecule has 1 aromatic heterocycles. The van der Waals surface area contributed by atoms with Gasteiger partial charge in [0, 0.05) is 19.3 Å². The van der Waals surface area contributed by atoms with Crippen molar-refractivity contribution in [2.75, 3.05) is 43.4 Å². The van der Waals surface area contributed by atoms with Crippen molar-refractivity contribution >= 4 is 31.6 Å². The van der Waals surface area contributed by atoms with E-state index < -0.39 is 32.5 Å². The zero-order chi connectivity index (χ0) is 22.5. The van der Waals surface area contributed by atoms with E-state index in [-0.39, 0.29) is 30.2 Å². The summed E-state index contributed by atoms with van der Waals surface area (Å²) >= 11 is 0. The molecule has 2 aromatic rings. The third-order valence-corrected chi connectivity index (χ3v) is 7.67. The molecule has 1 aliphatic heterocycles. The van der Waals surface area contributed by atoms with Crippen LogP contribution in [0.15, 0.2) is 53.6 Å². The zero-order valence-electron chi connectivity index (χ0n) is 17.0. The highest BCUT2D eigenvalue weighted by molar-refractivity contribution is 7.92. The number of nitrogens with one attached hydrogen (secondary N) is 1. The largest absolute Gasteiger partial charge is 0.379 e. The first-order chi connectivity index (χ1) is 14.7. The molecule has 0 atom stereocenters. The van der Waals surface area contributed by atoms with Crippen LogP contribution in [0.5, 0.6) is 0 Å². The number of sulfonamides is 2. The van der Waals surface area contributed by atoms with Crippen LogP contribution in [0.25, 0.3) is 0 Å². The molecule has 0 aliphatic carbocycles. The van der Waals surface area contributed by atoms with Gasteiger partial charge in [0.15, 0.2) is 0 Å². The Labute approximate surface area is 181 Å². The van der Waals surface area contributed by atoms with E-state index in [4.69, 9.17) is 4.74 Å². The summed E-state index contributed by atoms with van der Waals surface area (Å²) in [6, 6.07) is 10.7. The Bertz CT molecular complexity index is 1100. The van der Waals surface area contributed by atoms with Gasteiger partial charge in [-0.15, -0.1) is 0 Å². The summed E-state index contributed by atoms with van der Waals surface area (Å²) in [7, 11) is -7.49. The Balaban J connectivity index is 1.73. The molecule has 0 spiro atoms. The summed E-state index contributed by atoms with van der Waals surface area (Å²) in [6.07, 6.45) is 2.58. The topological polar surface area (TPSA) is 126 Å². The monoisotopic (exact) mass is 468 g/mol. The minimum atomic E-state index is -3.78. The molecule has 31 heavy (non-hydrogen) atoms. The van der Waals surface area contributed by atoms with E-state index >= 15 is 0 Å². The lowest BCUT2D eigenvalue weighted by Crippen LogP contribution is -2.41. The van der Waals surface area contributed by atoms with Gasteiger partial charge in [-0.1, -0.05) is 6.07 Å². The quantitative estimate of drug-likeness (QED) is 0.586. The van der Waals surface area contributed by atoms with Gasteiger partial charge in [-0.2, -0.15) is 4.31 Å². The average Bonchev–Trinajstić information content (AvgIpc) is 2.77. The minimum absolute atomic E-state index is 0.0474. The summed E-state index contributed by atoms with van der Waals surface area (Å²) in [4.78, 5) is 16.5. The molecule has 3 rings (SSSR count). The van der Waals surface area contributed by atoms with Gasteiger partial charge in [-0.3, -0.25) is 14.1 Å². The molecule has 168 valence electrons. The van der Waals surface area contributed by atoms with Crippen LogP contribution in [0.2, 0.25) is 0 Å². The van der Waals surface area contributed by atoms with Crippen molar-refractivity contribution in [3.63, 3.8) is 0 Å². The molecular formula is C19H24N4O6S2. The van der Waals surface area contributed by atoms with Crippen molar-refractivity contribution in [3.05, 3.63) is 54.4 Å². The van der Waals surface area contributed by atoms with E-state index in [1.807, 2.05) is 0 Å². The van der Waals surface area contributed by atoms with E-state index in [0.29, 0.717) is 18.9 Å². The molecule has 0 bridgehead atoms. The summed E-state index contributed by atoms with van der Waals surface area (Å²) in [6.45, 7) is 0.890. The van der Waals surface area contributed by atoms with Gasteiger partial charge in [-0.05, 0) is 36.4 Å². The minimum Gasteiger partial charge on any atom is -0.379 e. The van der Waals surface area contributed by atoms with Gasteiger partial charge < -0.3 is 10.1 Å². The van der Waals surface area contributed by atoms with Crippen molar-refractivity contribution in [2.24, 2.45) is 0 Å². The molecule has 0 radical (unpaired) electrons. The summed E-state index contributed by atoms with van der Waals surface area (Å²) in [5, 5.41) is 2.63. The maximum Gasteiger partial charge on any atom is 0.243 e. The molecule has 1 aliphatic rings. The predicted octanol–water partition coefficient (Wildman–Crippen LogP) is 0.185.